The zero-order chi connectivity index (χ0) is 19.9. The largest absolute Gasteiger partial charge is 0.379 e. The molecule has 25 heavy (non-hydrogen) atoms. The number of methoxy groups -OCH3 is 1. The lowest BCUT2D eigenvalue weighted by atomic mass is 10.0. The second kappa shape index (κ2) is 14.6. The third kappa shape index (κ3) is 20.3. The lowest BCUT2D eigenvalue weighted by Crippen LogP contribution is -2.34. The van der Waals surface area contributed by atoms with Gasteiger partial charge in [0.05, 0.1) is 11.6 Å². The molecule has 0 saturated carbocycles. The van der Waals surface area contributed by atoms with Crippen molar-refractivity contribution in [3.63, 3.8) is 0 Å². The number of hydrogen-bond donors (Lipinski definition) is 1. The Morgan fingerprint density at radius 2 is 1.64 bits per heavy atom. The smallest absolute Gasteiger partial charge is 0.207 e. The number of rotatable bonds is 6. The molecule has 0 heterocycles. The van der Waals surface area contributed by atoms with Crippen molar-refractivity contribution >= 4 is 12.2 Å². The molecule has 0 bridgehead atoms. The van der Waals surface area contributed by atoms with Gasteiger partial charge >= 0.3 is 0 Å². The van der Waals surface area contributed by atoms with Gasteiger partial charge in [-0.1, -0.05) is 49.7 Å². The van der Waals surface area contributed by atoms with Crippen LogP contribution in [-0.4, -0.2) is 30.9 Å². The average Bonchev–Trinajstić information content (AvgIpc) is 2.52. The van der Waals surface area contributed by atoms with Gasteiger partial charge in [-0.25, -0.2) is 0 Å². The van der Waals surface area contributed by atoms with Crippen molar-refractivity contribution in [2.24, 2.45) is 5.92 Å². The van der Waals surface area contributed by atoms with Gasteiger partial charge in [-0.15, -0.1) is 0 Å². The Bertz CT molecular complexity index is 450. The highest BCUT2D eigenvalue weighted by Crippen LogP contribution is 2.07. The summed E-state index contributed by atoms with van der Waals surface area (Å²) in [5, 5.41) is 2.51. The van der Waals surface area contributed by atoms with Crippen molar-refractivity contribution in [2.45, 2.75) is 73.0 Å². The van der Waals surface area contributed by atoms with Crippen LogP contribution in [0.15, 0.2) is 30.3 Å². The Morgan fingerprint density at radius 1 is 1.16 bits per heavy atom. The number of nitrogens with one attached hydrogen (secondary N) is 1. The Morgan fingerprint density at radius 3 is 1.88 bits per heavy atom. The van der Waals surface area contributed by atoms with Crippen LogP contribution in [0.1, 0.15) is 59.9 Å². The number of Topliss-reactive ketones (excluding diaryl/α,β-unsaturated/α-hetero) is 1. The van der Waals surface area contributed by atoms with Crippen molar-refractivity contribution in [3.8, 4) is 0 Å². The fraction of sp³-hybridized carbons (Fsp3) is 0.619. The predicted octanol–water partition coefficient (Wildman–Crippen LogP) is 4.55. The first-order valence-electron chi connectivity index (χ1n) is 8.80. The van der Waals surface area contributed by atoms with Crippen molar-refractivity contribution in [3.05, 3.63) is 35.9 Å². The summed E-state index contributed by atoms with van der Waals surface area (Å²) in [6.45, 7) is 13.8. The highest BCUT2D eigenvalue weighted by Gasteiger charge is 2.12. The van der Waals surface area contributed by atoms with E-state index in [1.807, 2.05) is 39.0 Å². The molecule has 1 N–H and O–H groups in total. The van der Waals surface area contributed by atoms with Crippen LogP contribution in [0.2, 0.25) is 0 Å². The third-order valence-corrected chi connectivity index (χ3v) is 3.35. The fourth-order valence-corrected chi connectivity index (χ4v) is 1.52. The van der Waals surface area contributed by atoms with Gasteiger partial charge in [-0.2, -0.15) is 0 Å². The molecule has 1 aromatic rings. The number of aryl methyl sites for hydroxylation is 1. The van der Waals surface area contributed by atoms with E-state index in [1.165, 1.54) is 12.5 Å². The Labute approximate surface area is 154 Å². The molecule has 1 atom stereocenters. The van der Waals surface area contributed by atoms with Gasteiger partial charge in [-0.05, 0) is 53.4 Å². The minimum atomic E-state index is -0.287. The fourth-order valence-electron chi connectivity index (χ4n) is 1.52. The van der Waals surface area contributed by atoms with E-state index in [0.717, 1.165) is 12.8 Å². The van der Waals surface area contributed by atoms with Crippen LogP contribution in [0.3, 0.4) is 0 Å². The summed E-state index contributed by atoms with van der Waals surface area (Å²) in [4.78, 5) is 21.0. The monoisotopic (exact) mass is 351 g/mol. The van der Waals surface area contributed by atoms with Crippen LogP contribution in [0.25, 0.3) is 0 Å². The second-order valence-electron chi connectivity index (χ2n) is 7.39. The van der Waals surface area contributed by atoms with E-state index in [1.54, 1.807) is 7.11 Å². The summed E-state index contributed by atoms with van der Waals surface area (Å²) in [7, 11) is 1.71. The molecule has 1 aromatic carbocycles. The first-order chi connectivity index (χ1) is 11.5. The maximum Gasteiger partial charge on any atom is 0.207 e. The average molecular weight is 352 g/mol. The number of ether oxygens (including phenoxy) is 1. The van der Waals surface area contributed by atoms with E-state index in [2.05, 4.69) is 38.2 Å². The first-order valence-corrected chi connectivity index (χ1v) is 8.80. The van der Waals surface area contributed by atoms with E-state index in [0.29, 0.717) is 12.3 Å². The van der Waals surface area contributed by atoms with Crippen LogP contribution >= 0.6 is 0 Å². The number of amides is 1. The normalized spacial score (nSPS) is 11.4. The SMILES string of the molecule is CC(=O)C(CCC(C)C)NC=O.COC(C)(C)C.Cc1ccccc1. The minimum absolute atomic E-state index is 0.0303. The molecule has 0 aliphatic rings. The second-order valence-corrected chi connectivity index (χ2v) is 7.39. The Kier molecular flexibility index (Phi) is 15.0. The summed E-state index contributed by atoms with van der Waals surface area (Å²) in [5.74, 6) is 0.600. The lowest BCUT2D eigenvalue weighted by Gasteiger charge is -2.14. The number of hydrogen-bond acceptors (Lipinski definition) is 3. The van der Waals surface area contributed by atoms with Gasteiger partial charge in [0.25, 0.3) is 0 Å². The number of ketones is 1. The Hall–Kier alpha value is -1.68. The molecule has 0 aromatic heterocycles. The van der Waals surface area contributed by atoms with Gasteiger partial charge in [0.15, 0.2) is 5.78 Å². The van der Waals surface area contributed by atoms with E-state index in [9.17, 15) is 9.59 Å². The molecule has 0 aliphatic carbocycles. The number of carbonyl (C=O) groups is 2. The van der Waals surface area contributed by atoms with Gasteiger partial charge in [0, 0.05) is 7.11 Å². The summed E-state index contributed by atoms with van der Waals surface area (Å²) >= 11 is 0. The first kappa shape index (κ1) is 25.6. The highest BCUT2D eigenvalue weighted by atomic mass is 16.5. The van der Waals surface area contributed by atoms with E-state index in [-0.39, 0.29) is 17.4 Å². The summed E-state index contributed by atoms with van der Waals surface area (Å²) in [6, 6.07) is 9.97. The molecule has 0 radical (unpaired) electrons. The van der Waals surface area contributed by atoms with Gasteiger partial charge in [0.2, 0.25) is 6.41 Å². The molecular formula is C21H37NO3. The Balaban J connectivity index is 0. The van der Waals surface area contributed by atoms with Crippen molar-refractivity contribution in [1.29, 1.82) is 0 Å². The predicted molar refractivity (Wildman–Crippen MR) is 106 cm³/mol. The van der Waals surface area contributed by atoms with E-state index in [4.69, 9.17) is 4.74 Å². The lowest BCUT2D eigenvalue weighted by molar-refractivity contribution is -0.122. The molecule has 4 nitrogen and oxygen atoms in total. The molecule has 1 unspecified atom stereocenters. The van der Waals surface area contributed by atoms with Crippen LogP contribution in [0.4, 0.5) is 0 Å². The maximum absolute atomic E-state index is 10.9. The van der Waals surface area contributed by atoms with Crippen LogP contribution in [0, 0.1) is 12.8 Å². The summed E-state index contributed by atoms with van der Waals surface area (Å²) in [5.41, 5.74) is 1.36. The standard InChI is InChI=1S/C9H17NO2.C7H8.C5H12O/c1-7(2)4-5-9(8(3)12)10-6-11;1-7-5-3-2-4-6-7;1-5(2,3)6-4/h6-7,9H,4-5H2,1-3H3,(H,10,11);2-6H,1H3;1-4H3. The van der Waals surface area contributed by atoms with E-state index >= 15 is 0 Å². The molecule has 0 aliphatic heterocycles. The highest BCUT2D eigenvalue weighted by molar-refractivity contribution is 5.83. The van der Waals surface area contributed by atoms with E-state index < -0.39 is 0 Å². The van der Waals surface area contributed by atoms with Crippen LogP contribution < -0.4 is 5.32 Å². The molecule has 0 fully saturated rings. The molecule has 4 heteroatoms. The van der Waals surface area contributed by atoms with Gasteiger partial charge < -0.3 is 10.1 Å². The number of benzene rings is 1. The quantitative estimate of drug-likeness (QED) is 0.765. The summed E-state index contributed by atoms with van der Waals surface area (Å²) in [6.07, 6.45) is 2.29. The van der Waals surface area contributed by atoms with Crippen LogP contribution in [0.5, 0.6) is 0 Å². The molecular weight excluding hydrogens is 314 g/mol. The summed E-state index contributed by atoms with van der Waals surface area (Å²) < 4.78 is 4.94. The topological polar surface area (TPSA) is 55.4 Å². The molecule has 0 saturated heterocycles. The van der Waals surface area contributed by atoms with Crippen LogP contribution in [-0.2, 0) is 14.3 Å². The zero-order valence-corrected chi connectivity index (χ0v) is 17.3. The third-order valence-electron chi connectivity index (χ3n) is 3.35. The molecule has 144 valence electrons. The minimum Gasteiger partial charge on any atom is -0.379 e. The van der Waals surface area contributed by atoms with Gasteiger partial charge in [-0.3, -0.25) is 9.59 Å². The maximum atomic E-state index is 10.9. The number of carbonyl (C=O) groups excluding carboxylic acids is 2. The zero-order valence-electron chi connectivity index (χ0n) is 17.3. The van der Waals surface area contributed by atoms with Crippen molar-refractivity contribution in [2.75, 3.05) is 7.11 Å². The molecule has 1 amide bonds. The molecule has 1 rings (SSSR count). The van der Waals surface area contributed by atoms with Crippen molar-refractivity contribution < 1.29 is 14.3 Å². The van der Waals surface area contributed by atoms with Crippen molar-refractivity contribution in [1.82, 2.24) is 5.32 Å². The molecule has 0 spiro atoms. The van der Waals surface area contributed by atoms with Gasteiger partial charge in [0.1, 0.15) is 0 Å².